The van der Waals surface area contributed by atoms with E-state index in [4.69, 9.17) is 9.15 Å². The summed E-state index contributed by atoms with van der Waals surface area (Å²) in [5.74, 6) is 1.53. The summed E-state index contributed by atoms with van der Waals surface area (Å²) >= 11 is 0. The molecule has 1 aliphatic heterocycles. The lowest BCUT2D eigenvalue weighted by atomic mass is 9.92. The Hall–Kier alpha value is -1.32. The molecule has 0 radical (unpaired) electrons. The molecule has 2 heterocycles. The van der Waals surface area contributed by atoms with Gasteiger partial charge in [0.25, 0.3) is 0 Å². The number of hydrogen-bond acceptors (Lipinski definition) is 3. The zero-order valence-corrected chi connectivity index (χ0v) is 11.6. The highest BCUT2D eigenvalue weighted by Crippen LogP contribution is 2.33. The van der Waals surface area contributed by atoms with Crippen LogP contribution >= 0.6 is 0 Å². The molecule has 2 unspecified atom stereocenters. The summed E-state index contributed by atoms with van der Waals surface area (Å²) in [6.07, 6.45) is 2.34. The minimum Gasteiger partial charge on any atom is -0.459 e. The van der Waals surface area contributed by atoms with Gasteiger partial charge < -0.3 is 14.5 Å². The van der Waals surface area contributed by atoms with Crippen molar-refractivity contribution in [2.75, 3.05) is 20.3 Å². The molecular weight excluding hydrogens is 238 g/mol. The highest BCUT2D eigenvalue weighted by atomic mass is 16.5. The fourth-order valence-electron chi connectivity index (χ4n) is 3.02. The van der Waals surface area contributed by atoms with Crippen LogP contribution in [0.15, 0.2) is 28.7 Å². The standard InChI is InChI=1S/C16H21NO2/c1-11-5-3-6-12-9-14(19-16(11)12)15(17-2)13-7-4-8-18-10-13/h3,5-6,9,13,15,17H,4,7-8,10H2,1-2H3. The van der Waals surface area contributed by atoms with Crippen LogP contribution in [0.1, 0.15) is 30.2 Å². The number of para-hydroxylation sites is 1. The van der Waals surface area contributed by atoms with Crippen LogP contribution < -0.4 is 5.32 Å². The smallest absolute Gasteiger partial charge is 0.137 e. The molecule has 1 aromatic carbocycles. The number of rotatable bonds is 3. The van der Waals surface area contributed by atoms with Crippen molar-refractivity contribution in [3.63, 3.8) is 0 Å². The molecule has 1 fully saturated rings. The van der Waals surface area contributed by atoms with Crippen LogP contribution in [0, 0.1) is 12.8 Å². The molecule has 0 bridgehead atoms. The maximum absolute atomic E-state index is 6.09. The lowest BCUT2D eigenvalue weighted by molar-refractivity contribution is 0.0371. The molecule has 1 saturated heterocycles. The van der Waals surface area contributed by atoms with E-state index in [0.717, 1.165) is 31.0 Å². The van der Waals surface area contributed by atoms with Crippen molar-refractivity contribution in [2.24, 2.45) is 5.92 Å². The van der Waals surface area contributed by atoms with Crippen LogP contribution in [0.25, 0.3) is 11.0 Å². The van der Waals surface area contributed by atoms with Crippen molar-refractivity contribution in [2.45, 2.75) is 25.8 Å². The van der Waals surface area contributed by atoms with Gasteiger partial charge in [0.05, 0.1) is 12.6 Å². The van der Waals surface area contributed by atoms with Crippen molar-refractivity contribution >= 4 is 11.0 Å². The first-order valence-corrected chi connectivity index (χ1v) is 7.03. The molecule has 0 spiro atoms. The normalized spacial score (nSPS) is 21.7. The third-order valence-corrected chi connectivity index (χ3v) is 4.04. The van der Waals surface area contributed by atoms with E-state index in [-0.39, 0.29) is 6.04 Å². The summed E-state index contributed by atoms with van der Waals surface area (Å²) in [4.78, 5) is 0. The lowest BCUT2D eigenvalue weighted by Gasteiger charge is -2.28. The van der Waals surface area contributed by atoms with Crippen LogP contribution in [-0.2, 0) is 4.74 Å². The van der Waals surface area contributed by atoms with Crippen molar-refractivity contribution < 1.29 is 9.15 Å². The molecule has 0 aliphatic carbocycles. The van der Waals surface area contributed by atoms with Gasteiger partial charge in [-0.2, -0.15) is 0 Å². The number of hydrogen-bond donors (Lipinski definition) is 1. The Morgan fingerprint density at radius 3 is 2.95 bits per heavy atom. The number of fused-ring (bicyclic) bond motifs is 1. The quantitative estimate of drug-likeness (QED) is 0.917. The monoisotopic (exact) mass is 259 g/mol. The molecular formula is C16H21NO2. The number of benzene rings is 1. The highest BCUT2D eigenvalue weighted by Gasteiger charge is 2.27. The second-order valence-corrected chi connectivity index (χ2v) is 5.39. The zero-order chi connectivity index (χ0) is 13.2. The average Bonchev–Trinajstić information content (AvgIpc) is 2.86. The Balaban J connectivity index is 1.94. The van der Waals surface area contributed by atoms with E-state index in [1.165, 1.54) is 17.4 Å². The van der Waals surface area contributed by atoms with E-state index >= 15 is 0 Å². The van der Waals surface area contributed by atoms with Crippen molar-refractivity contribution in [3.05, 3.63) is 35.6 Å². The van der Waals surface area contributed by atoms with E-state index in [0.29, 0.717) is 5.92 Å². The second-order valence-electron chi connectivity index (χ2n) is 5.39. The van der Waals surface area contributed by atoms with E-state index in [9.17, 15) is 0 Å². The van der Waals surface area contributed by atoms with Gasteiger partial charge >= 0.3 is 0 Å². The van der Waals surface area contributed by atoms with Crippen LogP contribution in [0.3, 0.4) is 0 Å². The predicted molar refractivity (Wildman–Crippen MR) is 76.3 cm³/mol. The molecule has 0 saturated carbocycles. The highest BCUT2D eigenvalue weighted by molar-refractivity contribution is 5.81. The minimum absolute atomic E-state index is 0.243. The van der Waals surface area contributed by atoms with Gasteiger partial charge in [-0.1, -0.05) is 18.2 Å². The lowest BCUT2D eigenvalue weighted by Crippen LogP contribution is -2.31. The molecule has 3 rings (SSSR count). The molecule has 1 aliphatic rings. The first kappa shape index (κ1) is 12.7. The summed E-state index contributed by atoms with van der Waals surface area (Å²) in [6.45, 7) is 3.81. The third-order valence-electron chi connectivity index (χ3n) is 4.04. The summed E-state index contributed by atoms with van der Waals surface area (Å²) < 4.78 is 11.7. The van der Waals surface area contributed by atoms with Crippen LogP contribution in [-0.4, -0.2) is 20.3 Å². The van der Waals surface area contributed by atoms with E-state index < -0.39 is 0 Å². The molecule has 102 valence electrons. The average molecular weight is 259 g/mol. The van der Waals surface area contributed by atoms with Gasteiger partial charge in [-0.25, -0.2) is 0 Å². The molecule has 2 atom stereocenters. The summed E-state index contributed by atoms with van der Waals surface area (Å²) in [5.41, 5.74) is 2.20. The van der Waals surface area contributed by atoms with Gasteiger partial charge in [-0.05, 0) is 38.4 Å². The number of ether oxygens (including phenoxy) is 1. The van der Waals surface area contributed by atoms with Gasteiger partial charge in [0.1, 0.15) is 11.3 Å². The Morgan fingerprint density at radius 2 is 2.26 bits per heavy atom. The molecule has 19 heavy (non-hydrogen) atoms. The summed E-state index contributed by atoms with van der Waals surface area (Å²) in [7, 11) is 2.00. The zero-order valence-electron chi connectivity index (χ0n) is 11.6. The van der Waals surface area contributed by atoms with Crippen molar-refractivity contribution in [1.82, 2.24) is 5.32 Å². The molecule has 2 aromatic rings. The number of furan rings is 1. The van der Waals surface area contributed by atoms with Crippen LogP contribution in [0.2, 0.25) is 0 Å². The van der Waals surface area contributed by atoms with Gasteiger partial charge in [0.2, 0.25) is 0 Å². The van der Waals surface area contributed by atoms with Gasteiger partial charge in [0.15, 0.2) is 0 Å². The third kappa shape index (κ3) is 2.40. The number of aryl methyl sites for hydroxylation is 1. The maximum atomic E-state index is 6.09. The Morgan fingerprint density at radius 1 is 1.37 bits per heavy atom. The Labute approximate surface area is 113 Å². The fourth-order valence-corrected chi connectivity index (χ4v) is 3.02. The van der Waals surface area contributed by atoms with Crippen LogP contribution in [0.4, 0.5) is 0 Å². The summed E-state index contributed by atoms with van der Waals surface area (Å²) in [6, 6.07) is 8.69. The van der Waals surface area contributed by atoms with Crippen molar-refractivity contribution in [3.8, 4) is 0 Å². The van der Waals surface area contributed by atoms with Gasteiger partial charge in [-0.3, -0.25) is 0 Å². The van der Waals surface area contributed by atoms with E-state index in [1.54, 1.807) is 0 Å². The molecule has 1 aromatic heterocycles. The topological polar surface area (TPSA) is 34.4 Å². The van der Waals surface area contributed by atoms with Crippen LogP contribution in [0.5, 0.6) is 0 Å². The molecule has 1 N–H and O–H groups in total. The second kappa shape index (κ2) is 5.35. The summed E-state index contributed by atoms with van der Waals surface area (Å²) in [5, 5.41) is 4.58. The van der Waals surface area contributed by atoms with Crippen molar-refractivity contribution in [1.29, 1.82) is 0 Å². The Bertz CT molecular complexity index is 555. The largest absolute Gasteiger partial charge is 0.459 e. The first-order chi connectivity index (χ1) is 9.29. The predicted octanol–water partition coefficient (Wildman–Crippen LogP) is 3.43. The maximum Gasteiger partial charge on any atom is 0.137 e. The van der Waals surface area contributed by atoms with E-state index in [2.05, 4.69) is 36.5 Å². The first-order valence-electron chi connectivity index (χ1n) is 7.03. The Kier molecular flexibility index (Phi) is 3.58. The van der Waals surface area contributed by atoms with E-state index in [1.807, 2.05) is 7.05 Å². The SMILES string of the molecule is CNC(c1cc2cccc(C)c2o1)C1CCCOC1. The number of nitrogens with one attached hydrogen (secondary N) is 1. The van der Waals surface area contributed by atoms with Gasteiger partial charge in [0, 0.05) is 17.9 Å². The molecule has 3 nitrogen and oxygen atoms in total. The molecule has 3 heteroatoms. The van der Waals surface area contributed by atoms with Gasteiger partial charge in [-0.15, -0.1) is 0 Å². The fraction of sp³-hybridized carbons (Fsp3) is 0.500. The minimum atomic E-state index is 0.243. The molecule has 0 amide bonds.